The molecule has 0 aliphatic carbocycles. The Morgan fingerprint density at radius 1 is 1.22 bits per heavy atom. The normalized spacial score (nSPS) is 19.7. The molecule has 2 N–H and O–H groups in total. The molecule has 0 aromatic heterocycles. The average molecular weight is 392 g/mol. The second-order valence-electron chi connectivity index (χ2n) is 7.09. The number of nitro groups is 1. The third kappa shape index (κ3) is 5.19. The van der Waals surface area contributed by atoms with Crippen LogP contribution in [0.3, 0.4) is 0 Å². The molecule has 0 saturated carbocycles. The predicted molar refractivity (Wildman–Crippen MR) is 109 cm³/mol. The minimum Gasteiger partial charge on any atom is -0.491 e. The fraction of sp³-hybridized carbons (Fsp3) is 0.400. The van der Waals surface area contributed by atoms with Crippen molar-refractivity contribution < 1.29 is 9.66 Å². The fourth-order valence-corrected chi connectivity index (χ4v) is 3.51. The number of likely N-dealkylation sites (tertiary alicyclic amines) is 1. The van der Waals surface area contributed by atoms with Gasteiger partial charge >= 0.3 is 0 Å². The second kappa shape index (κ2) is 9.17. The van der Waals surface area contributed by atoms with Gasteiger partial charge in [-0.1, -0.05) is 30.3 Å². The van der Waals surface area contributed by atoms with Crippen molar-refractivity contribution >= 4 is 18.1 Å². The van der Waals surface area contributed by atoms with E-state index in [9.17, 15) is 10.1 Å². The van der Waals surface area contributed by atoms with Crippen molar-refractivity contribution in [3.05, 3.63) is 69.8 Å². The summed E-state index contributed by atoms with van der Waals surface area (Å²) in [7, 11) is 0. The van der Waals surface area contributed by atoms with Gasteiger partial charge in [0.2, 0.25) is 0 Å². The maximum absolute atomic E-state index is 11.1. The van der Waals surface area contributed by atoms with Crippen LogP contribution in [-0.4, -0.2) is 35.1 Å². The molecule has 1 aliphatic rings. The van der Waals surface area contributed by atoms with Crippen molar-refractivity contribution in [1.82, 2.24) is 4.90 Å². The maximum atomic E-state index is 11.1. The van der Waals surface area contributed by atoms with E-state index in [1.54, 1.807) is 12.1 Å². The predicted octanol–water partition coefficient (Wildman–Crippen LogP) is 3.73. The van der Waals surface area contributed by atoms with E-state index >= 15 is 0 Å². The Morgan fingerprint density at radius 3 is 2.56 bits per heavy atom. The Morgan fingerprint density at radius 2 is 1.93 bits per heavy atom. The molecule has 2 aromatic rings. The molecule has 0 spiro atoms. The minimum atomic E-state index is -0.370. The lowest BCUT2D eigenvalue weighted by molar-refractivity contribution is -0.385. The van der Waals surface area contributed by atoms with E-state index in [0.29, 0.717) is 12.3 Å². The molecule has 1 fully saturated rings. The quantitative estimate of drug-likeness (QED) is 0.599. The van der Waals surface area contributed by atoms with Gasteiger partial charge in [-0.2, -0.15) is 0 Å². The number of halogens is 1. The summed E-state index contributed by atoms with van der Waals surface area (Å²) >= 11 is 0. The van der Waals surface area contributed by atoms with Crippen molar-refractivity contribution in [2.45, 2.75) is 38.5 Å². The zero-order chi connectivity index (χ0) is 18.7. The standard InChI is InChI=1S/C20H25N3O3.ClH/c1-14(2)26-20-9-8-17(23(24)25)10-16(20)11-22-12-18(19(21)13-22)15-6-4-3-5-7-15;/h3-10,14,18-19H,11-13,21H2,1-2H3;1H/t18-,19+;/m0./s1. The maximum Gasteiger partial charge on any atom is 0.270 e. The molecule has 1 heterocycles. The Balaban J connectivity index is 0.00000261. The molecular formula is C20H26ClN3O3. The molecule has 146 valence electrons. The van der Waals surface area contributed by atoms with Gasteiger partial charge in [0.15, 0.2) is 0 Å². The molecule has 0 amide bonds. The van der Waals surface area contributed by atoms with Crippen molar-refractivity contribution in [2.75, 3.05) is 13.1 Å². The first kappa shape index (κ1) is 21.2. The van der Waals surface area contributed by atoms with Crippen LogP contribution in [0.4, 0.5) is 5.69 Å². The monoisotopic (exact) mass is 391 g/mol. The van der Waals surface area contributed by atoms with Crippen LogP contribution < -0.4 is 10.5 Å². The summed E-state index contributed by atoms with van der Waals surface area (Å²) in [5, 5.41) is 11.1. The lowest BCUT2D eigenvalue weighted by Crippen LogP contribution is -2.28. The molecule has 2 atom stereocenters. The number of nitro benzene ring substituents is 1. The van der Waals surface area contributed by atoms with Gasteiger partial charge in [0.1, 0.15) is 5.75 Å². The first-order valence-corrected chi connectivity index (χ1v) is 8.91. The third-order valence-electron chi connectivity index (χ3n) is 4.68. The number of nitrogens with zero attached hydrogens (tertiary/aromatic N) is 2. The number of ether oxygens (including phenoxy) is 1. The highest BCUT2D eigenvalue weighted by molar-refractivity contribution is 5.85. The van der Waals surface area contributed by atoms with Crippen LogP contribution in [0.25, 0.3) is 0 Å². The number of hydrogen-bond donors (Lipinski definition) is 1. The number of rotatable bonds is 6. The summed E-state index contributed by atoms with van der Waals surface area (Å²) in [5.41, 5.74) is 8.52. The van der Waals surface area contributed by atoms with Gasteiger partial charge in [0, 0.05) is 49.3 Å². The van der Waals surface area contributed by atoms with E-state index in [1.165, 1.54) is 11.6 Å². The topological polar surface area (TPSA) is 81.6 Å². The summed E-state index contributed by atoms with van der Waals surface area (Å²) in [6, 6.07) is 15.1. The largest absolute Gasteiger partial charge is 0.491 e. The molecular weight excluding hydrogens is 366 g/mol. The Hall–Kier alpha value is -2.15. The van der Waals surface area contributed by atoms with Gasteiger partial charge in [0.25, 0.3) is 5.69 Å². The molecule has 3 rings (SSSR count). The van der Waals surface area contributed by atoms with Crippen LogP contribution in [-0.2, 0) is 6.54 Å². The van der Waals surface area contributed by atoms with Crippen molar-refractivity contribution in [1.29, 1.82) is 0 Å². The van der Waals surface area contributed by atoms with Crippen LogP contribution >= 0.6 is 12.4 Å². The van der Waals surface area contributed by atoms with Crippen LogP contribution in [0.2, 0.25) is 0 Å². The van der Waals surface area contributed by atoms with Gasteiger partial charge in [-0.3, -0.25) is 15.0 Å². The van der Waals surface area contributed by atoms with Crippen LogP contribution in [0.15, 0.2) is 48.5 Å². The van der Waals surface area contributed by atoms with Gasteiger partial charge < -0.3 is 10.5 Å². The summed E-state index contributed by atoms with van der Waals surface area (Å²) < 4.78 is 5.85. The zero-order valence-electron chi connectivity index (χ0n) is 15.6. The molecule has 1 aliphatic heterocycles. The molecule has 1 saturated heterocycles. The molecule has 0 unspecified atom stereocenters. The molecule has 2 aromatic carbocycles. The number of non-ortho nitro benzene ring substituents is 1. The molecule has 6 nitrogen and oxygen atoms in total. The molecule has 7 heteroatoms. The number of benzene rings is 2. The van der Waals surface area contributed by atoms with E-state index in [1.807, 2.05) is 32.0 Å². The molecule has 0 radical (unpaired) electrons. The Bertz CT molecular complexity index is 770. The highest BCUT2D eigenvalue weighted by atomic mass is 35.5. The second-order valence-corrected chi connectivity index (χ2v) is 7.09. The highest BCUT2D eigenvalue weighted by Crippen LogP contribution is 2.31. The minimum absolute atomic E-state index is 0. The van der Waals surface area contributed by atoms with E-state index in [-0.39, 0.29) is 41.1 Å². The first-order chi connectivity index (χ1) is 12.4. The molecule has 27 heavy (non-hydrogen) atoms. The van der Waals surface area contributed by atoms with Gasteiger partial charge in [-0.15, -0.1) is 12.4 Å². The van der Waals surface area contributed by atoms with Crippen LogP contribution in [0.5, 0.6) is 5.75 Å². The number of nitrogens with two attached hydrogens (primary N) is 1. The lowest BCUT2D eigenvalue weighted by atomic mass is 9.95. The van der Waals surface area contributed by atoms with Crippen molar-refractivity contribution in [3.63, 3.8) is 0 Å². The van der Waals surface area contributed by atoms with Crippen molar-refractivity contribution in [2.24, 2.45) is 5.73 Å². The van der Waals surface area contributed by atoms with Gasteiger partial charge in [-0.05, 0) is 25.5 Å². The average Bonchev–Trinajstić information content (AvgIpc) is 2.97. The van der Waals surface area contributed by atoms with Crippen LogP contribution in [0, 0.1) is 10.1 Å². The van der Waals surface area contributed by atoms with Gasteiger partial charge in [-0.25, -0.2) is 0 Å². The summed E-state index contributed by atoms with van der Waals surface area (Å²) in [6.45, 7) is 6.06. The Labute approximate surface area is 165 Å². The van der Waals surface area contributed by atoms with E-state index in [2.05, 4.69) is 17.0 Å². The lowest BCUT2D eigenvalue weighted by Gasteiger charge is -2.19. The van der Waals surface area contributed by atoms with E-state index < -0.39 is 0 Å². The first-order valence-electron chi connectivity index (χ1n) is 8.91. The smallest absolute Gasteiger partial charge is 0.270 e. The van der Waals surface area contributed by atoms with Crippen molar-refractivity contribution in [3.8, 4) is 5.75 Å². The Kier molecular flexibility index (Phi) is 7.18. The third-order valence-corrected chi connectivity index (χ3v) is 4.68. The fourth-order valence-electron chi connectivity index (χ4n) is 3.51. The SMILES string of the molecule is CC(C)Oc1ccc([N+](=O)[O-])cc1CN1C[C@@H](N)[C@H](c2ccccc2)C1.Cl. The number of hydrogen-bond acceptors (Lipinski definition) is 5. The zero-order valence-corrected chi connectivity index (χ0v) is 16.4. The summed E-state index contributed by atoms with van der Waals surface area (Å²) in [5.74, 6) is 0.965. The van der Waals surface area contributed by atoms with E-state index in [0.717, 1.165) is 18.7 Å². The highest BCUT2D eigenvalue weighted by Gasteiger charge is 2.31. The summed E-state index contributed by atoms with van der Waals surface area (Å²) in [4.78, 5) is 13.0. The summed E-state index contributed by atoms with van der Waals surface area (Å²) in [6.07, 6.45) is 0.00751. The van der Waals surface area contributed by atoms with E-state index in [4.69, 9.17) is 10.5 Å². The van der Waals surface area contributed by atoms with Gasteiger partial charge in [0.05, 0.1) is 11.0 Å². The van der Waals surface area contributed by atoms with Crippen LogP contribution in [0.1, 0.15) is 30.9 Å². The molecule has 0 bridgehead atoms.